The molecule has 0 bridgehead atoms. The number of carboxylic acid groups (broad SMARTS) is 1. The zero-order chi connectivity index (χ0) is 24.7. The number of likely N-dealkylation sites (tertiary alicyclic amines) is 1. The normalized spacial score (nSPS) is 18.2. The molecule has 3 rings (SSSR count). The maximum absolute atomic E-state index is 13.4. The van der Waals surface area contributed by atoms with Gasteiger partial charge in [0.15, 0.2) is 0 Å². The van der Waals surface area contributed by atoms with E-state index in [4.69, 9.17) is 10.8 Å². The third-order valence-electron chi connectivity index (χ3n) is 5.56. The molecule has 4 atom stereocenters. The van der Waals surface area contributed by atoms with E-state index in [9.17, 15) is 24.3 Å². The zero-order valence-corrected chi connectivity index (χ0v) is 18.3. The molecule has 0 radical (unpaired) electrons. The lowest BCUT2D eigenvalue weighted by molar-refractivity contribution is -0.145. The molecule has 0 spiro atoms. The first-order chi connectivity index (χ1) is 16.3. The molecule has 2 aromatic rings. The summed E-state index contributed by atoms with van der Waals surface area (Å²) in [6, 6.07) is -4.40. The smallest absolute Gasteiger partial charge is 0.326 e. The van der Waals surface area contributed by atoms with Crippen LogP contribution < -0.4 is 16.4 Å². The van der Waals surface area contributed by atoms with E-state index in [-0.39, 0.29) is 19.4 Å². The van der Waals surface area contributed by atoms with Gasteiger partial charge in [-0.05, 0) is 12.8 Å². The van der Waals surface area contributed by atoms with Crippen LogP contribution in [0.3, 0.4) is 0 Å². The van der Waals surface area contributed by atoms with Crippen molar-refractivity contribution in [2.75, 3.05) is 13.2 Å². The fourth-order valence-electron chi connectivity index (χ4n) is 3.77. The van der Waals surface area contributed by atoms with E-state index in [2.05, 4.69) is 30.6 Å². The Morgan fingerprint density at radius 3 is 2.24 bits per heavy atom. The molecular weight excluding hydrogens is 448 g/mol. The van der Waals surface area contributed by atoms with Gasteiger partial charge in [0.05, 0.1) is 19.3 Å². The van der Waals surface area contributed by atoms with Crippen molar-refractivity contribution in [3.05, 3.63) is 36.4 Å². The second kappa shape index (κ2) is 11.4. The van der Waals surface area contributed by atoms with Crippen LogP contribution in [-0.2, 0) is 32.0 Å². The molecule has 1 aliphatic rings. The third kappa shape index (κ3) is 6.17. The number of hydrogen-bond acceptors (Lipinski definition) is 8. The van der Waals surface area contributed by atoms with Crippen molar-refractivity contribution in [1.29, 1.82) is 0 Å². The SMILES string of the molecule is NC(CO)C(=O)NC(Cc1cnc[nH]1)C(=O)N1CCCC1C(=O)NC(Cc1cnc[nH]1)C(=O)O. The van der Waals surface area contributed by atoms with Gasteiger partial charge in [-0.2, -0.15) is 0 Å². The minimum Gasteiger partial charge on any atom is -0.480 e. The summed E-state index contributed by atoms with van der Waals surface area (Å²) in [5.74, 6) is -3.06. The summed E-state index contributed by atoms with van der Waals surface area (Å²) in [5, 5.41) is 23.7. The van der Waals surface area contributed by atoms with Crippen molar-refractivity contribution in [3.63, 3.8) is 0 Å². The molecule has 0 saturated carbocycles. The summed E-state index contributed by atoms with van der Waals surface area (Å²) >= 11 is 0. The highest BCUT2D eigenvalue weighted by molar-refractivity contribution is 5.94. The van der Waals surface area contributed by atoms with E-state index in [1.165, 1.54) is 29.9 Å². The van der Waals surface area contributed by atoms with Crippen LogP contribution in [0, 0.1) is 0 Å². The maximum atomic E-state index is 13.4. The predicted octanol–water partition coefficient (Wildman–Crippen LogP) is -2.72. The summed E-state index contributed by atoms with van der Waals surface area (Å²) in [6.07, 6.45) is 6.73. The first-order valence-corrected chi connectivity index (χ1v) is 10.7. The molecule has 3 amide bonds. The second-order valence-corrected chi connectivity index (χ2v) is 8.00. The number of aliphatic carboxylic acids is 1. The van der Waals surface area contributed by atoms with E-state index in [1.807, 2.05) is 0 Å². The van der Waals surface area contributed by atoms with Crippen molar-refractivity contribution < 1.29 is 29.4 Å². The number of carbonyl (C=O) groups is 4. The first-order valence-electron chi connectivity index (χ1n) is 10.7. The largest absolute Gasteiger partial charge is 0.480 e. The Hall–Kier alpha value is -3.78. The third-order valence-corrected chi connectivity index (χ3v) is 5.56. The number of amides is 3. The number of aromatic nitrogens is 4. The van der Waals surface area contributed by atoms with Gasteiger partial charge in [-0.3, -0.25) is 14.4 Å². The van der Waals surface area contributed by atoms with Gasteiger partial charge < -0.3 is 41.4 Å². The van der Waals surface area contributed by atoms with Gasteiger partial charge in [0.1, 0.15) is 24.2 Å². The fraction of sp³-hybridized carbons (Fsp3) is 0.500. The lowest BCUT2D eigenvalue weighted by Gasteiger charge is -2.29. The van der Waals surface area contributed by atoms with Gasteiger partial charge in [0.25, 0.3) is 0 Å². The van der Waals surface area contributed by atoms with Crippen molar-refractivity contribution in [2.24, 2.45) is 5.73 Å². The van der Waals surface area contributed by atoms with Crippen LogP contribution in [0.25, 0.3) is 0 Å². The van der Waals surface area contributed by atoms with E-state index in [1.54, 1.807) is 0 Å². The average molecular weight is 476 g/mol. The van der Waals surface area contributed by atoms with Crippen molar-refractivity contribution in [2.45, 2.75) is 49.9 Å². The molecule has 14 heteroatoms. The molecule has 1 saturated heterocycles. The minimum atomic E-state index is -1.22. The standard InChI is InChI=1S/C20H28N8O6/c21-13(8-29)17(30)26-14(4-11-6-22-9-24-11)19(32)28-3-1-2-16(28)18(31)27-15(20(33)34)5-12-7-23-10-25-12/h6-7,9-10,13-16,29H,1-5,8,21H2,(H,22,24)(H,23,25)(H,26,30)(H,27,31)(H,33,34). The van der Waals surface area contributed by atoms with Crippen LogP contribution in [0.2, 0.25) is 0 Å². The monoisotopic (exact) mass is 476 g/mol. The highest BCUT2D eigenvalue weighted by Gasteiger charge is 2.39. The quantitative estimate of drug-likeness (QED) is 0.179. The number of carbonyl (C=O) groups excluding carboxylic acids is 3. The summed E-state index contributed by atoms with van der Waals surface area (Å²) in [7, 11) is 0. The molecule has 34 heavy (non-hydrogen) atoms. The number of nitrogens with one attached hydrogen (secondary N) is 4. The number of aliphatic hydroxyl groups excluding tert-OH is 1. The molecule has 0 aliphatic carbocycles. The molecule has 8 N–H and O–H groups in total. The molecule has 14 nitrogen and oxygen atoms in total. The number of rotatable bonds is 11. The van der Waals surface area contributed by atoms with Crippen LogP contribution in [0.1, 0.15) is 24.2 Å². The van der Waals surface area contributed by atoms with Gasteiger partial charge in [-0.25, -0.2) is 14.8 Å². The first kappa shape index (κ1) is 24.9. The van der Waals surface area contributed by atoms with Crippen LogP contribution in [0.15, 0.2) is 25.0 Å². The second-order valence-electron chi connectivity index (χ2n) is 8.00. The summed E-state index contributed by atoms with van der Waals surface area (Å²) in [6.45, 7) is -0.338. The van der Waals surface area contributed by atoms with Gasteiger partial charge in [0.2, 0.25) is 17.7 Å². The highest BCUT2D eigenvalue weighted by Crippen LogP contribution is 2.20. The van der Waals surface area contributed by atoms with Gasteiger partial charge >= 0.3 is 5.97 Å². The Morgan fingerprint density at radius 2 is 1.71 bits per heavy atom. The molecular formula is C20H28N8O6. The van der Waals surface area contributed by atoms with Crippen molar-refractivity contribution >= 4 is 23.7 Å². The number of imidazole rings is 2. The number of nitrogens with two attached hydrogens (primary N) is 1. The Morgan fingerprint density at radius 1 is 1.09 bits per heavy atom. The van der Waals surface area contributed by atoms with Crippen molar-refractivity contribution in [3.8, 4) is 0 Å². The molecule has 2 aromatic heterocycles. The van der Waals surface area contributed by atoms with Crippen LogP contribution in [-0.4, -0.2) is 96.1 Å². The Balaban J connectivity index is 1.72. The summed E-state index contributed by atoms with van der Waals surface area (Å²) in [4.78, 5) is 65.0. The van der Waals surface area contributed by atoms with Gasteiger partial charge in [-0.15, -0.1) is 0 Å². The molecule has 1 aliphatic heterocycles. The number of aliphatic hydroxyl groups is 1. The molecule has 184 valence electrons. The van der Waals surface area contributed by atoms with Crippen LogP contribution in [0.5, 0.6) is 0 Å². The van der Waals surface area contributed by atoms with E-state index >= 15 is 0 Å². The van der Waals surface area contributed by atoms with Gasteiger partial charge in [-0.1, -0.05) is 0 Å². The highest BCUT2D eigenvalue weighted by atomic mass is 16.4. The van der Waals surface area contributed by atoms with Crippen molar-refractivity contribution in [1.82, 2.24) is 35.5 Å². The number of aromatic amines is 2. The Bertz CT molecular complexity index is 979. The number of carboxylic acids is 1. The number of nitrogens with zero attached hydrogens (tertiary/aromatic N) is 3. The van der Waals surface area contributed by atoms with E-state index < -0.39 is 54.5 Å². The zero-order valence-electron chi connectivity index (χ0n) is 18.3. The number of H-pyrrole nitrogens is 2. The topological polar surface area (TPSA) is 219 Å². The summed E-state index contributed by atoms with van der Waals surface area (Å²) in [5.41, 5.74) is 6.68. The summed E-state index contributed by atoms with van der Waals surface area (Å²) < 4.78 is 0. The maximum Gasteiger partial charge on any atom is 0.326 e. The minimum absolute atomic E-state index is 0.000700. The predicted molar refractivity (Wildman–Crippen MR) is 116 cm³/mol. The van der Waals surface area contributed by atoms with Crippen LogP contribution in [0.4, 0.5) is 0 Å². The Kier molecular flexibility index (Phi) is 8.32. The molecule has 3 heterocycles. The van der Waals surface area contributed by atoms with E-state index in [0.29, 0.717) is 24.2 Å². The molecule has 0 aromatic carbocycles. The fourth-order valence-corrected chi connectivity index (χ4v) is 3.77. The van der Waals surface area contributed by atoms with E-state index in [0.717, 1.165) is 0 Å². The molecule has 1 fully saturated rings. The Labute approximate surface area is 194 Å². The van der Waals surface area contributed by atoms with Crippen LogP contribution >= 0.6 is 0 Å². The number of hydrogen-bond donors (Lipinski definition) is 7. The van der Waals surface area contributed by atoms with Gasteiger partial charge in [0, 0.05) is 43.2 Å². The average Bonchev–Trinajstić information content (AvgIpc) is 3.59. The lowest BCUT2D eigenvalue weighted by atomic mass is 10.1. The lowest BCUT2D eigenvalue weighted by Crippen LogP contribution is -2.57. The molecule has 4 unspecified atom stereocenters.